The Bertz CT molecular complexity index is 176. The number of rotatable bonds is 5. The molecule has 0 fully saturated rings. The Kier molecular flexibility index (Phi) is 4.30. The third kappa shape index (κ3) is 4.11. The summed E-state index contributed by atoms with van der Waals surface area (Å²) in [4.78, 5) is 17.4. The molecule has 0 amide bonds. The van der Waals surface area contributed by atoms with Gasteiger partial charge in [0.05, 0.1) is 0 Å². The summed E-state index contributed by atoms with van der Waals surface area (Å²) in [5, 5.41) is 0. The minimum atomic E-state index is -4.12. The topological polar surface area (TPSA) is 60.8 Å². The predicted molar refractivity (Wildman–Crippen MR) is 44.0 cm³/mol. The maximum Gasteiger partial charge on any atom is 0.403 e. The fraction of sp³-hybridized carbons (Fsp3) is 0.333. The molecule has 0 aromatic heterocycles. The van der Waals surface area contributed by atoms with Gasteiger partial charge in [-0.15, -0.1) is 13.2 Å². The molecule has 0 aliphatic carbocycles. The Hall–Kier alpha value is -0.410. The molecule has 4 nitrogen and oxygen atoms in total. The van der Waals surface area contributed by atoms with Gasteiger partial charge in [-0.2, -0.15) is 0 Å². The second-order valence-electron chi connectivity index (χ2n) is 1.96. The molecule has 0 spiro atoms. The Balaban J connectivity index is 4.20. The molecule has 2 N–H and O–H groups in total. The predicted octanol–water partition coefficient (Wildman–Crippen LogP) is 0.753. The molecule has 5 heteroatoms. The first kappa shape index (κ1) is 10.6. The zero-order chi connectivity index (χ0) is 8.91. The molecule has 0 saturated carbocycles. The highest BCUT2D eigenvalue weighted by molar-refractivity contribution is 7.49. The Morgan fingerprint density at radius 3 is 1.82 bits per heavy atom. The van der Waals surface area contributed by atoms with Gasteiger partial charge in [-0.1, -0.05) is 12.2 Å². The minimum Gasteiger partial charge on any atom is -0.312 e. The van der Waals surface area contributed by atoms with Crippen molar-refractivity contribution in [3.05, 3.63) is 25.3 Å². The average molecular weight is 177 g/mol. The van der Waals surface area contributed by atoms with E-state index in [0.29, 0.717) is 0 Å². The zero-order valence-electron chi connectivity index (χ0n) is 6.18. The molecule has 0 aliphatic rings. The zero-order valence-corrected chi connectivity index (χ0v) is 7.07. The summed E-state index contributed by atoms with van der Waals surface area (Å²) in [6.45, 7) is 7.08. The maximum absolute atomic E-state index is 10.6. The van der Waals surface area contributed by atoms with Crippen LogP contribution in [-0.2, 0) is 4.57 Å². The fourth-order valence-electron chi connectivity index (χ4n) is 0.585. The van der Waals surface area contributed by atoms with E-state index in [1.54, 1.807) is 0 Å². The first-order valence-electron chi connectivity index (χ1n) is 3.05. The smallest absolute Gasteiger partial charge is 0.312 e. The SMILES string of the molecule is C=CCN(CC=C)P(=O)(O)O. The molecule has 0 saturated heterocycles. The molecule has 0 bridgehead atoms. The van der Waals surface area contributed by atoms with Crippen molar-refractivity contribution in [1.82, 2.24) is 4.67 Å². The molecule has 0 heterocycles. The van der Waals surface area contributed by atoms with E-state index in [9.17, 15) is 4.57 Å². The van der Waals surface area contributed by atoms with Crippen LogP contribution in [0.25, 0.3) is 0 Å². The van der Waals surface area contributed by atoms with Crippen LogP contribution in [-0.4, -0.2) is 27.5 Å². The van der Waals surface area contributed by atoms with Crippen molar-refractivity contribution in [3.8, 4) is 0 Å². The second kappa shape index (κ2) is 4.46. The van der Waals surface area contributed by atoms with Crippen LogP contribution in [0.3, 0.4) is 0 Å². The summed E-state index contributed by atoms with van der Waals surface area (Å²) in [5.74, 6) is 0. The molecule has 64 valence electrons. The lowest BCUT2D eigenvalue weighted by Gasteiger charge is -2.18. The molecule has 11 heavy (non-hydrogen) atoms. The quantitative estimate of drug-likeness (QED) is 0.480. The van der Waals surface area contributed by atoms with Crippen LogP contribution in [0.2, 0.25) is 0 Å². The van der Waals surface area contributed by atoms with Crippen molar-refractivity contribution in [2.24, 2.45) is 0 Å². The lowest BCUT2D eigenvalue weighted by Crippen LogP contribution is -2.19. The Labute approximate surface area is 66.1 Å². The van der Waals surface area contributed by atoms with E-state index in [-0.39, 0.29) is 13.1 Å². The third-order valence-electron chi connectivity index (χ3n) is 1.05. The highest BCUT2D eigenvalue weighted by atomic mass is 31.2. The highest BCUT2D eigenvalue weighted by Gasteiger charge is 2.21. The number of nitrogens with zero attached hydrogens (tertiary/aromatic N) is 1. The van der Waals surface area contributed by atoms with E-state index >= 15 is 0 Å². The van der Waals surface area contributed by atoms with Gasteiger partial charge in [-0.25, -0.2) is 9.24 Å². The fourth-order valence-corrected chi connectivity index (χ4v) is 1.24. The Morgan fingerprint density at radius 2 is 1.64 bits per heavy atom. The standard InChI is InChI=1S/C6H12NO3P/c1-3-5-7(6-4-2)11(8,9)10/h3-4H,1-2,5-6H2,(H2,8,9,10). The first-order valence-corrected chi connectivity index (χ1v) is 4.61. The van der Waals surface area contributed by atoms with E-state index in [2.05, 4.69) is 13.2 Å². The Morgan fingerprint density at radius 1 is 1.27 bits per heavy atom. The van der Waals surface area contributed by atoms with Gasteiger partial charge < -0.3 is 9.79 Å². The van der Waals surface area contributed by atoms with Crippen LogP contribution >= 0.6 is 7.75 Å². The summed E-state index contributed by atoms with van der Waals surface area (Å²) >= 11 is 0. The van der Waals surface area contributed by atoms with E-state index in [1.807, 2.05) is 0 Å². The summed E-state index contributed by atoms with van der Waals surface area (Å²) in [6.07, 6.45) is 2.87. The lowest BCUT2D eigenvalue weighted by molar-refractivity contribution is 0.291. The number of hydrogen-bond donors (Lipinski definition) is 2. The van der Waals surface area contributed by atoms with Gasteiger partial charge in [0.25, 0.3) is 0 Å². The van der Waals surface area contributed by atoms with E-state index in [0.717, 1.165) is 4.67 Å². The molecular formula is C6H12NO3P. The molecular weight excluding hydrogens is 165 g/mol. The molecule has 0 atom stereocenters. The van der Waals surface area contributed by atoms with Gasteiger partial charge in [-0.05, 0) is 0 Å². The summed E-state index contributed by atoms with van der Waals surface area (Å²) < 4.78 is 11.6. The van der Waals surface area contributed by atoms with Crippen LogP contribution in [0, 0.1) is 0 Å². The lowest BCUT2D eigenvalue weighted by atomic mass is 10.5. The van der Waals surface area contributed by atoms with E-state index < -0.39 is 7.75 Å². The minimum absolute atomic E-state index is 0.163. The van der Waals surface area contributed by atoms with E-state index in [1.165, 1.54) is 12.2 Å². The highest BCUT2D eigenvalue weighted by Crippen LogP contribution is 2.39. The van der Waals surface area contributed by atoms with Gasteiger partial charge in [0.15, 0.2) is 0 Å². The van der Waals surface area contributed by atoms with Gasteiger partial charge in [0.2, 0.25) is 0 Å². The molecule has 0 aromatic carbocycles. The van der Waals surface area contributed by atoms with Gasteiger partial charge in [0.1, 0.15) is 0 Å². The van der Waals surface area contributed by atoms with Crippen molar-refractivity contribution >= 4 is 7.75 Å². The van der Waals surface area contributed by atoms with E-state index in [4.69, 9.17) is 9.79 Å². The summed E-state index contributed by atoms with van der Waals surface area (Å²) in [6, 6.07) is 0. The second-order valence-corrected chi connectivity index (χ2v) is 3.55. The molecule has 0 rings (SSSR count). The van der Waals surface area contributed by atoms with Gasteiger partial charge >= 0.3 is 7.75 Å². The molecule has 0 aromatic rings. The number of hydrogen-bond acceptors (Lipinski definition) is 1. The van der Waals surface area contributed by atoms with Crippen molar-refractivity contribution in [1.29, 1.82) is 0 Å². The molecule has 0 unspecified atom stereocenters. The molecule has 0 radical (unpaired) electrons. The van der Waals surface area contributed by atoms with Crippen LogP contribution in [0.1, 0.15) is 0 Å². The third-order valence-corrected chi connectivity index (χ3v) is 2.11. The van der Waals surface area contributed by atoms with Crippen LogP contribution in [0.5, 0.6) is 0 Å². The summed E-state index contributed by atoms with van der Waals surface area (Å²) in [5.41, 5.74) is 0. The van der Waals surface area contributed by atoms with Crippen LogP contribution < -0.4 is 0 Å². The van der Waals surface area contributed by atoms with Gasteiger partial charge in [-0.3, -0.25) is 0 Å². The maximum atomic E-state index is 10.6. The van der Waals surface area contributed by atoms with Crippen molar-refractivity contribution in [2.75, 3.05) is 13.1 Å². The first-order chi connectivity index (χ1) is 5.02. The van der Waals surface area contributed by atoms with Crippen molar-refractivity contribution in [3.63, 3.8) is 0 Å². The van der Waals surface area contributed by atoms with Crippen molar-refractivity contribution in [2.45, 2.75) is 0 Å². The van der Waals surface area contributed by atoms with Crippen molar-refractivity contribution < 1.29 is 14.4 Å². The van der Waals surface area contributed by atoms with Gasteiger partial charge in [0, 0.05) is 13.1 Å². The largest absolute Gasteiger partial charge is 0.403 e. The monoisotopic (exact) mass is 177 g/mol. The van der Waals surface area contributed by atoms with Crippen LogP contribution in [0.4, 0.5) is 0 Å². The average Bonchev–Trinajstić information content (AvgIpc) is 1.85. The summed E-state index contributed by atoms with van der Waals surface area (Å²) in [7, 11) is -4.12. The normalized spacial score (nSPS) is 11.5. The van der Waals surface area contributed by atoms with Crippen LogP contribution in [0.15, 0.2) is 25.3 Å². The molecule has 0 aliphatic heterocycles.